The predicted molar refractivity (Wildman–Crippen MR) is 87.0 cm³/mol. The summed E-state index contributed by atoms with van der Waals surface area (Å²) < 4.78 is 0. The molecule has 0 radical (unpaired) electrons. The van der Waals surface area contributed by atoms with Gasteiger partial charge in [-0.25, -0.2) is 0 Å². The zero-order chi connectivity index (χ0) is 15.4. The lowest BCUT2D eigenvalue weighted by Gasteiger charge is -2.21. The van der Waals surface area contributed by atoms with Crippen LogP contribution < -0.4 is 0 Å². The SMILES string of the molecule is CCC(CC(C)c1ccc(O)cc1)c1ccc(O)c(C)c1. The van der Waals surface area contributed by atoms with Gasteiger partial charge in [-0.05, 0) is 66.5 Å². The van der Waals surface area contributed by atoms with Gasteiger partial charge in [0.2, 0.25) is 0 Å². The maximum absolute atomic E-state index is 9.66. The first kappa shape index (κ1) is 15.4. The summed E-state index contributed by atoms with van der Waals surface area (Å²) in [6.07, 6.45) is 2.14. The van der Waals surface area contributed by atoms with Gasteiger partial charge in [0.25, 0.3) is 0 Å². The molecule has 0 aliphatic heterocycles. The van der Waals surface area contributed by atoms with Crippen molar-refractivity contribution in [3.63, 3.8) is 0 Å². The van der Waals surface area contributed by atoms with Crippen LogP contribution in [0.3, 0.4) is 0 Å². The third-order valence-corrected chi connectivity index (χ3v) is 4.29. The van der Waals surface area contributed by atoms with Crippen molar-refractivity contribution in [1.82, 2.24) is 0 Å². The Labute approximate surface area is 127 Å². The molecule has 21 heavy (non-hydrogen) atoms. The van der Waals surface area contributed by atoms with Gasteiger partial charge in [-0.2, -0.15) is 0 Å². The lowest BCUT2D eigenvalue weighted by atomic mass is 9.84. The second-order valence-corrected chi connectivity index (χ2v) is 5.88. The van der Waals surface area contributed by atoms with Gasteiger partial charge in [0.1, 0.15) is 11.5 Å². The number of aryl methyl sites for hydroxylation is 1. The molecule has 0 amide bonds. The molecule has 2 atom stereocenters. The van der Waals surface area contributed by atoms with E-state index in [-0.39, 0.29) is 0 Å². The van der Waals surface area contributed by atoms with E-state index in [9.17, 15) is 10.2 Å². The zero-order valence-electron chi connectivity index (χ0n) is 13.0. The lowest BCUT2D eigenvalue weighted by molar-refractivity contribution is 0.469. The highest BCUT2D eigenvalue weighted by Gasteiger charge is 2.16. The fourth-order valence-electron chi connectivity index (χ4n) is 2.84. The molecule has 2 heteroatoms. The van der Waals surface area contributed by atoms with Gasteiger partial charge in [-0.15, -0.1) is 0 Å². The molecule has 2 rings (SSSR count). The van der Waals surface area contributed by atoms with E-state index in [0.29, 0.717) is 23.3 Å². The van der Waals surface area contributed by atoms with E-state index in [4.69, 9.17) is 0 Å². The quantitative estimate of drug-likeness (QED) is 0.802. The largest absolute Gasteiger partial charge is 0.508 e. The highest BCUT2D eigenvalue weighted by atomic mass is 16.3. The summed E-state index contributed by atoms with van der Waals surface area (Å²) in [5.74, 6) is 1.59. The van der Waals surface area contributed by atoms with Crippen molar-refractivity contribution in [3.05, 3.63) is 59.2 Å². The number of phenolic OH excluding ortho intramolecular Hbond substituents is 2. The molecule has 2 N–H and O–H groups in total. The summed E-state index contributed by atoms with van der Waals surface area (Å²) in [6, 6.07) is 13.4. The average Bonchev–Trinajstić information content (AvgIpc) is 2.48. The Bertz CT molecular complexity index is 587. The van der Waals surface area contributed by atoms with Crippen LogP contribution in [-0.4, -0.2) is 10.2 Å². The average molecular weight is 284 g/mol. The van der Waals surface area contributed by atoms with Crippen LogP contribution in [-0.2, 0) is 0 Å². The van der Waals surface area contributed by atoms with Gasteiger partial charge in [-0.3, -0.25) is 0 Å². The molecule has 2 aromatic carbocycles. The van der Waals surface area contributed by atoms with Crippen molar-refractivity contribution in [3.8, 4) is 11.5 Å². The minimum atomic E-state index is 0.312. The number of rotatable bonds is 5. The fourth-order valence-corrected chi connectivity index (χ4v) is 2.84. The van der Waals surface area contributed by atoms with Crippen LogP contribution in [0.5, 0.6) is 11.5 Å². The lowest BCUT2D eigenvalue weighted by Crippen LogP contribution is -2.04. The molecular formula is C19H24O2. The van der Waals surface area contributed by atoms with Gasteiger partial charge in [0, 0.05) is 0 Å². The van der Waals surface area contributed by atoms with Crippen LogP contribution in [0.4, 0.5) is 0 Å². The Morgan fingerprint density at radius 1 is 0.952 bits per heavy atom. The zero-order valence-corrected chi connectivity index (χ0v) is 13.0. The molecule has 0 spiro atoms. The van der Waals surface area contributed by atoms with Gasteiger partial charge in [0.15, 0.2) is 0 Å². The molecule has 0 saturated heterocycles. The monoisotopic (exact) mass is 284 g/mol. The van der Waals surface area contributed by atoms with E-state index < -0.39 is 0 Å². The maximum Gasteiger partial charge on any atom is 0.118 e. The minimum Gasteiger partial charge on any atom is -0.508 e. The first-order valence-corrected chi connectivity index (χ1v) is 7.59. The summed E-state index contributed by atoms with van der Waals surface area (Å²) in [4.78, 5) is 0. The standard InChI is InChI=1S/C19H24O2/c1-4-15(17-7-10-19(21)14(3)12-17)11-13(2)16-5-8-18(20)9-6-16/h5-10,12-13,15,20-21H,4,11H2,1-3H3. The molecule has 2 unspecified atom stereocenters. The highest BCUT2D eigenvalue weighted by molar-refractivity contribution is 5.37. The summed E-state index contributed by atoms with van der Waals surface area (Å²) >= 11 is 0. The second-order valence-electron chi connectivity index (χ2n) is 5.88. The third kappa shape index (κ3) is 3.78. The molecule has 2 nitrogen and oxygen atoms in total. The molecule has 0 bridgehead atoms. The number of phenols is 2. The van der Waals surface area contributed by atoms with E-state index in [0.717, 1.165) is 18.4 Å². The van der Waals surface area contributed by atoms with Crippen molar-refractivity contribution in [2.75, 3.05) is 0 Å². The first-order chi connectivity index (χ1) is 10.0. The first-order valence-electron chi connectivity index (χ1n) is 7.59. The fraction of sp³-hybridized carbons (Fsp3) is 0.368. The number of hydrogen-bond acceptors (Lipinski definition) is 2. The highest BCUT2D eigenvalue weighted by Crippen LogP contribution is 2.34. The Kier molecular flexibility index (Phi) is 4.89. The van der Waals surface area contributed by atoms with Crippen LogP contribution in [0.1, 0.15) is 55.2 Å². The molecule has 0 fully saturated rings. The molecule has 0 aliphatic carbocycles. The van der Waals surface area contributed by atoms with Gasteiger partial charge in [-0.1, -0.05) is 38.1 Å². The summed E-state index contributed by atoms with van der Waals surface area (Å²) in [6.45, 7) is 6.37. The second kappa shape index (κ2) is 6.66. The van der Waals surface area contributed by atoms with Crippen LogP contribution in [0.2, 0.25) is 0 Å². The third-order valence-electron chi connectivity index (χ3n) is 4.29. The minimum absolute atomic E-state index is 0.312. The van der Waals surface area contributed by atoms with Crippen molar-refractivity contribution >= 4 is 0 Å². The summed E-state index contributed by atoms with van der Waals surface area (Å²) in [7, 11) is 0. The smallest absolute Gasteiger partial charge is 0.118 e. The Morgan fingerprint density at radius 3 is 2.14 bits per heavy atom. The van der Waals surface area contributed by atoms with Gasteiger partial charge in [0.05, 0.1) is 0 Å². The van der Waals surface area contributed by atoms with E-state index in [2.05, 4.69) is 19.9 Å². The van der Waals surface area contributed by atoms with Crippen molar-refractivity contribution < 1.29 is 10.2 Å². The van der Waals surface area contributed by atoms with Gasteiger partial charge < -0.3 is 10.2 Å². The number of benzene rings is 2. The molecule has 2 aromatic rings. The van der Waals surface area contributed by atoms with Gasteiger partial charge >= 0.3 is 0 Å². The molecule has 0 aromatic heterocycles. The summed E-state index contributed by atoms with van der Waals surface area (Å²) in [5, 5.41) is 19.0. The van der Waals surface area contributed by atoms with Crippen LogP contribution in [0.25, 0.3) is 0 Å². The molecule has 0 saturated carbocycles. The number of hydrogen-bond donors (Lipinski definition) is 2. The Balaban J connectivity index is 2.14. The molecule has 112 valence electrons. The summed E-state index contributed by atoms with van der Waals surface area (Å²) in [5.41, 5.74) is 3.48. The maximum atomic E-state index is 9.66. The van der Waals surface area contributed by atoms with E-state index in [1.54, 1.807) is 18.2 Å². The van der Waals surface area contributed by atoms with E-state index >= 15 is 0 Å². The van der Waals surface area contributed by atoms with Crippen LogP contribution in [0, 0.1) is 6.92 Å². The van der Waals surface area contributed by atoms with Crippen molar-refractivity contribution in [2.45, 2.75) is 45.4 Å². The van der Waals surface area contributed by atoms with Crippen molar-refractivity contribution in [2.24, 2.45) is 0 Å². The normalized spacial score (nSPS) is 13.9. The molecule has 0 aliphatic rings. The predicted octanol–water partition coefficient (Wildman–Crippen LogP) is 5.09. The van der Waals surface area contributed by atoms with Crippen molar-refractivity contribution in [1.29, 1.82) is 0 Å². The topological polar surface area (TPSA) is 40.5 Å². The van der Waals surface area contributed by atoms with Crippen LogP contribution in [0.15, 0.2) is 42.5 Å². The molecule has 0 heterocycles. The Hall–Kier alpha value is -1.96. The Morgan fingerprint density at radius 2 is 1.57 bits per heavy atom. The number of aromatic hydroxyl groups is 2. The van der Waals surface area contributed by atoms with E-state index in [1.165, 1.54) is 11.1 Å². The van der Waals surface area contributed by atoms with E-state index in [1.807, 2.05) is 25.1 Å². The van der Waals surface area contributed by atoms with Crippen LogP contribution >= 0.6 is 0 Å². The molecular weight excluding hydrogens is 260 g/mol.